The maximum absolute atomic E-state index is 11.6. The van der Waals surface area contributed by atoms with Gasteiger partial charge in [-0.1, -0.05) is 50.6 Å². The van der Waals surface area contributed by atoms with Crippen LogP contribution in [0.2, 0.25) is 0 Å². The molecule has 1 aromatic rings. The molecule has 1 N–H and O–H groups in total. The zero-order valence-corrected chi connectivity index (χ0v) is 17.6. The molecule has 0 bridgehead atoms. The molecule has 7 heteroatoms. The summed E-state index contributed by atoms with van der Waals surface area (Å²) < 4.78 is 15.0. The van der Waals surface area contributed by atoms with Crippen molar-refractivity contribution in [3.63, 3.8) is 0 Å². The topological polar surface area (TPSA) is 90.9 Å². The van der Waals surface area contributed by atoms with Gasteiger partial charge in [0.05, 0.1) is 6.61 Å². The molecule has 0 atom stereocenters. The van der Waals surface area contributed by atoms with Gasteiger partial charge in [-0.3, -0.25) is 9.59 Å². The van der Waals surface area contributed by atoms with Crippen LogP contribution in [0.25, 0.3) is 0 Å². The molecule has 0 aliphatic heterocycles. The molecule has 0 fully saturated rings. The molecule has 7 nitrogen and oxygen atoms in total. The van der Waals surface area contributed by atoms with Crippen LogP contribution in [-0.2, 0) is 30.4 Å². The number of esters is 2. The number of hydrogen-bond acceptors (Lipinski definition) is 6. The van der Waals surface area contributed by atoms with Crippen molar-refractivity contribution in [1.29, 1.82) is 0 Å². The molecule has 1 amide bonds. The van der Waals surface area contributed by atoms with Crippen molar-refractivity contribution in [2.45, 2.75) is 66.1 Å². The summed E-state index contributed by atoms with van der Waals surface area (Å²) in [5, 5.41) is 2.30. The van der Waals surface area contributed by atoms with Crippen LogP contribution in [0, 0.1) is 0 Å². The van der Waals surface area contributed by atoms with Crippen LogP contribution in [-0.4, -0.2) is 36.8 Å². The Labute approximate surface area is 167 Å². The first-order valence-corrected chi connectivity index (χ1v) is 9.50. The molecule has 0 radical (unpaired) electrons. The van der Waals surface area contributed by atoms with Gasteiger partial charge in [0.1, 0.15) is 18.8 Å². The fourth-order valence-electron chi connectivity index (χ4n) is 1.72. The second kappa shape index (κ2) is 14.5. The van der Waals surface area contributed by atoms with Crippen LogP contribution < -0.4 is 5.32 Å². The average molecular weight is 395 g/mol. The van der Waals surface area contributed by atoms with Gasteiger partial charge in [-0.05, 0) is 32.8 Å². The highest BCUT2D eigenvalue weighted by atomic mass is 16.6. The fourth-order valence-corrected chi connectivity index (χ4v) is 1.72. The monoisotopic (exact) mass is 395 g/mol. The van der Waals surface area contributed by atoms with E-state index in [4.69, 9.17) is 14.2 Å². The van der Waals surface area contributed by atoms with Crippen LogP contribution in [0.4, 0.5) is 4.79 Å². The molecule has 0 saturated heterocycles. The predicted octanol–water partition coefficient (Wildman–Crippen LogP) is 3.99. The number of alkyl carbamates (subject to hydrolysis) is 1. The fraction of sp³-hybridized carbons (Fsp3) is 0.571. The summed E-state index contributed by atoms with van der Waals surface area (Å²) in [6.07, 6.45) is 1.07. The molecule has 0 heterocycles. The average Bonchev–Trinajstić information content (AvgIpc) is 2.62. The molecule has 0 aliphatic carbocycles. The van der Waals surface area contributed by atoms with Crippen molar-refractivity contribution in [2.75, 3.05) is 13.2 Å². The second-order valence-corrected chi connectivity index (χ2v) is 7.03. The van der Waals surface area contributed by atoms with Gasteiger partial charge in [-0.25, -0.2) is 4.79 Å². The molecular weight excluding hydrogens is 362 g/mol. The van der Waals surface area contributed by atoms with Crippen molar-refractivity contribution in [3.05, 3.63) is 35.9 Å². The Morgan fingerprint density at radius 2 is 1.57 bits per heavy atom. The summed E-state index contributed by atoms with van der Waals surface area (Å²) in [6.45, 7) is 9.44. The Morgan fingerprint density at radius 1 is 0.964 bits per heavy atom. The Morgan fingerprint density at radius 3 is 2.14 bits per heavy atom. The van der Waals surface area contributed by atoms with E-state index in [1.54, 1.807) is 20.8 Å². The van der Waals surface area contributed by atoms with Crippen molar-refractivity contribution in [2.24, 2.45) is 0 Å². The van der Waals surface area contributed by atoms with Crippen LogP contribution in [0.3, 0.4) is 0 Å². The summed E-state index contributed by atoms with van der Waals surface area (Å²) in [4.78, 5) is 34.4. The summed E-state index contributed by atoms with van der Waals surface area (Å²) in [5.41, 5.74) is 0.282. The Bertz CT molecular complexity index is 580. The summed E-state index contributed by atoms with van der Waals surface area (Å²) in [5.74, 6) is -0.949. The third-order valence-corrected chi connectivity index (χ3v) is 2.81. The quantitative estimate of drug-likeness (QED) is 0.406. The lowest BCUT2D eigenvalue weighted by Crippen LogP contribution is -2.36. The number of rotatable bonds is 8. The molecule has 0 spiro atoms. The van der Waals surface area contributed by atoms with Crippen molar-refractivity contribution < 1.29 is 28.6 Å². The highest BCUT2D eigenvalue weighted by Gasteiger charge is 2.16. The van der Waals surface area contributed by atoms with Crippen molar-refractivity contribution in [3.8, 4) is 0 Å². The van der Waals surface area contributed by atoms with E-state index in [1.807, 2.05) is 30.3 Å². The van der Waals surface area contributed by atoms with Gasteiger partial charge < -0.3 is 19.5 Å². The van der Waals surface area contributed by atoms with Crippen LogP contribution in [0.5, 0.6) is 0 Å². The van der Waals surface area contributed by atoms with Gasteiger partial charge in [0, 0.05) is 6.42 Å². The number of hydrogen-bond donors (Lipinski definition) is 1. The van der Waals surface area contributed by atoms with Crippen molar-refractivity contribution in [1.82, 2.24) is 5.32 Å². The Kier molecular flexibility index (Phi) is 13.2. The number of benzene rings is 1. The van der Waals surface area contributed by atoms with Gasteiger partial charge in [-0.15, -0.1) is 0 Å². The number of ether oxygens (including phenoxy) is 3. The minimum atomic E-state index is -0.686. The first-order chi connectivity index (χ1) is 13.2. The normalized spacial score (nSPS) is 10.2. The summed E-state index contributed by atoms with van der Waals surface area (Å²) in [7, 11) is 0. The van der Waals surface area contributed by atoms with Crippen LogP contribution in [0.15, 0.2) is 30.3 Å². The van der Waals surface area contributed by atoms with Gasteiger partial charge in [0.15, 0.2) is 0 Å². The lowest BCUT2D eigenvalue weighted by Gasteiger charge is -2.19. The highest BCUT2D eigenvalue weighted by molar-refractivity contribution is 5.78. The van der Waals surface area contributed by atoms with E-state index >= 15 is 0 Å². The van der Waals surface area contributed by atoms with Gasteiger partial charge in [0.25, 0.3) is 0 Å². The minimum Gasteiger partial charge on any atom is -0.464 e. The maximum atomic E-state index is 11.6. The number of carbonyl (C=O) groups excluding carboxylic acids is 3. The molecular formula is C21H33NO6. The van der Waals surface area contributed by atoms with E-state index in [0.29, 0.717) is 6.42 Å². The maximum Gasteiger partial charge on any atom is 0.408 e. The smallest absolute Gasteiger partial charge is 0.408 e. The van der Waals surface area contributed by atoms with E-state index in [1.165, 1.54) is 6.42 Å². The number of amides is 1. The van der Waals surface area contributed by atoms with E-state index < -0.39 is 17.7 Å². The lowest BCUT2D eigenvalue weighted by molar-refractivity contribution is -0.147. The van der Waals surface area contributed by atoms with Gasteiger partial charge in [0.2, 0.25) is 0 Å². The summed E-state index contributed by atoms with van der Waals surface area (Å²) >= 11 is 0. The van der Waals surface area contributed by atoms with E-state index in [-0.39, 0.29) is 32.1 Å². The zero-order chi connectivity index (χ0) is 21.4. The largest absolute Gasteiger partial charge is 0.464 e. The predicted molar refractivity (Wildman–Crippen MR) is 107 cm³/mol. The van der Waals surface area contributed by atoms with Crippen LogP contribution >= 0.6 is 0 Å². The zero-order valence-electron chi connectivity index (χ0n) is 17.6. The standard InChI is InChI=1S/C18H25NO6.C3H8/c1-18(2,3)25-17(22)19-12-16(21)23-11-7-10-15(20)24-13-14-8-5-4-6-9-14;1-3-2/h4-6,8-9H,7,10-13H2,1-3H3,(H,19,22);3H2,1-2H3. The number of carbonyl (C=O) groups is 3. The molecule has 0 aromatic heterocycles. The Balaban J connectivity index is 0.00000227. The summed E-state index contributed by atoms with van der Waals surface area (Å²) in [6, 6.07) is 9.36. The first-order valence-electron chi connectivity index (χ1n) is 9.50. The molecule has 1 aromatic carbocycles. The molecule has 28 heavy (non-hydrogen) atoms. The number of nitrogens with one attached hydrogen (secondary N) is 1. The minimum absolute atomic E-state index is 0.0786. The van der Waals surface area contributed by atoms with Gasteiger partial charge in [-0.2, -0.15) is 0 Å². The first kappa shape index (κ1) is 25.4. The molecule has 158 valence electrons. The third-order valence-electron chi connectivity index (χ3n) is 2.81. The van der Waals surface area contributed by atoms with Gasteiger partial charge >= 0.3 is 18.0 Å². The third kappa shape index (κ3) is 15.7. The molecule has 1 rings (SSSR count). The molecule has 0 unspecified atom stereocenters. The van der Waals surface area contributed by atoms with E-state index in [2.05, 4.69) is 19.2 Å². The molecule has 0 aliphatic rings. The van der Waals surface area contributed by atoms with Crippen molar-refractivity contribution >= 4 is 18.0 Å². The Hall–Kier alpha value is -2.57. The highest BCUT2D eigenvalue weighted by Crippen LogP contribution is 2.06. The van der Waals surface area contributed by atoms with E-state index in [0.717, 1.165) is 5.56 Å². The SMILES string of the molecule is CC(C)(C)OC(=O)NCC(=O)OCCCC(=O)OCc1ccccc1.CCC. The van der Waals surface area contributed by atoms with E-state index in [9.17, 15) is 14.4 Å². The molecule has 0 saturated carbocycles. The lowest BCUT2D eigenvalue weighted by atomic mass is 10.2. The van der Waals surface area contributed by atoms with Crippen LogP contribution in [0.1, 0.15) is 59.4 Å². The second-order valence-electron chi connectivity index (χ2n) is 7.03.